The molecule has 1 fully saturated rings. The number of hydrogen-bond acceptors (Lipinski definition) is 3. The van der Waals surface area contributed by atoms with E-state index in [1.165, 1.54) is 12.8 Å². The molecule has 1 aliphatic carbocycles. The number of aliphatic hydroxyl groups excluding tert-OH is 1. The van der Waals surface area contributed by atoms with E-state index in [0.29, 0.717) is 0 Å². The van der Waals surface area contributed by atoms with Gasteiger partial charge in [-0.1, -0.05) is 12.8 Å². The maximum atomic E-state index is 9.56. The molecule has 11 heavy (non-hydrogen) atoms. The van der Waals surface area contributed by atoms with E-state index in [1.807, 2.05) is 5.38 Å². The molecule has 1 N–H and O–H groups in total. The van der Waals surface area contributed by atoms with E-state index >= 15 is 0 Å². The van der Waals surface area contributed by atoms with Crippen molar-refractivity contribution in [1.29, 1.82) is 0 Å². The Balaban J connectivity index is 1.93. The third kappa shape index (κ3) is 1.79. The SMILES string of the molecule is OC(CC1CC1)c1cscn1. The zero-order valence-corrected chi connectivity index (χ0v) is 7.05. The van der Waals surface area contributed by atoms with Crippen molar-refractivity contribution in [1.82, 2.24) is 4.98 Å². The zero-order chi connectivity index (χ0) is 7.68. The Hall–Kier alpha value is -0.410. The second-order valence-electron chi connectivity index (χ2n) is 3.11. The van der Waals surface area contributed by atoms with Crippen molar-refractivity contribution in [2.24, 2.45) is 5.92 Å². The highest BCUT2D eigenvalue weighted by Gasteiger charge is 2.25. The van der Waals surface area contributed by atoms with E-state index < -0.39 is 0 Å². The smallest absolute Gasteiger partial charge is 0.0970 e. The largest absolute Gasteiger partial charge is 0.387 e. The topological polar surface area (TPSA) is 33.1 Å². The van der Waals surface area contributed by atoms with Crippen LogP contribution in [0.15, 0.2) is 10.9 Å². The molecule has 3 heteroatoms. The lowest BCUT2D eigenvalue weighted by atomic mass is 10.1. The molecule has 1 aromatic rings. The standard InChI is InChI=1S/C8H11NOS/c10-8(3-6-1-2-6)7-4-11-5-9-7/h4-6,8,10H,1-3H2. The van der Waals surface area contributed by atoms with Crippen LogP contribution in [0.4, 0.5) is 0 Å². The molecule has 0 amide bonds. The lowest BCUT2D eigenvalue weighted by Crippen LogP contribution is -1.97. The summed E-state index contributed by atoms with van der Waals surface area (Å²) in [5.41, 5.74) is 2.62. The molecule has 1 heterocycles. The van der Waals surface area contributed by atoms with Crippen LogP contribution in [0, 0.1) is 5.92 Å². The summed E-state index contributed by atoms with van der Waals surface area (Å²) in [6, 6.07) is 0. The molecule has 0 aliphatic heterocycles. The number of thiazole rings is 1. The van der Waals surface area contributed by atoms with Crippen molar-refractivity contribution in [2.75, 3.05) is 0 Å². The molecule has 0 saturated heterocycles. The quantitative estimate of drug-likeness (QED) is 0.750. The van der Waals surface area contributed by atoms with E-state index in [-0.39, 0.29) is 6.10 Å². The van der Waals surface area contributed by atoms with E-state index in [0.717, 1.165) is 18.0 Å². The lowest BCUT2D eigenvalue weighted by molar-refractivity contribution is 0.156. The average Bonchev–Trinajstić information content (AvgIpc) is 2.67. The van der Waals surface area contributed by atoms with Crippen LogP contribution in [-0.2, 0) is 0 Å². The van der Waals surface area contributed by atoms with Gasteiger partial charge in [-0.2, -0.15) is 0 Å². The fourth-order valence-electron chi connectivity index (χ4n) is 1.18. The summed E-state index contributed by atoms with van der Waals surface area (Å²) in [5, 5.41) is 11.5. The Kier molecular flexibility index (Phi) is 1.92. The van der Waals surface area contributed by atoms with Crippen LogP contribution >= 0.6 is 11.3 Å². The highest BCUT2D eigenvalue weighted by Crippen LogP contribution is 2.37. The van der Waals surface area contributed by atoms with Crippen LogP contribution in [0.25, 0.3) is 0 Å². The highest BCUT2D eigenvalue weighted by atomic mass is 32.1. The van der Waals surface area contributed by atoms with Gasteiger partial charge in [-0.05, 0) is 12.3 Å². The minimum atomic E-state index is -0.311. The van der Waals surface area contributed by atoms with Crippen molar-refractivity contribution in [2.45, 2.75) is 25.4 Å². The molecule has 1 saturated carbocycles. The monoisotopic (exact) mass is 169 g/mol. The molecular weight excluding hydrogens is 158 g/mol. The van der Waals surface area contributed by atoms with Crippen molar-refractivity contribution >= 4 is 11.3 Å². The van der Waals surface area contributed by atoms with Crippen molar-refractivity contribution in [3.05, 3.63) is 16.6 Å². The summed E-state index contributed by atoms with van der Waals surface area (Å²) in [6.45, 7) is 0. The lowest BCUT2D eigenvalue weighted by Gasteiger charge is -2.04. The van der Waals surface area contributed by atoms with Gasteiger partial charge in [0.05, 0.1) is 17.3 Å². The van der Waals surface area contributed by atoms with Gasteiger partial charge in [0.2, 0.25) is 0 Å². The molecule has 1 aromatic heterocycles. The summed E-state index contributed by atoms with van der Waals surface area (Å²) in [4.78, 5) is 4.07. The summed E-state index contributed by atoms with van der Waals surface area (Å²) >= 11 is 1.54. The number of rotatable bonds is 3. The number of nitrogens with zero attached hydrogens (tertiary/aromatic N) is 1. The predicted molar refractivity (Wildman–Crippen MR) is 44.4 cm³/mol. The summed E-state index contributed by atoms with van der Waals surface area (Å²) < 4.78 is 0. The molecule has 2 nitrogen and oxygen atoms in total. The van der Waals surface area contributed by atoms with Gasteiger partial charge in [0.15, 0.2) is 0 Å². The Morgan fingerprint density at radius 3 is 3.09 bits per heavy atom. The molecule has 0 spiro atoms. The summed E-state index contributed by atoms with van der Waals surface area (Å²) in [5.74, 6) is 0.770. The molecular formula is C8H11NOS. The molecule has 0 radical (unpaired) electrons. The fourth-order valence-corrected chi connectivity index (χ4v) is 1.78. The van der Waals surface area contributed by atoms with Crippen LogP contribution in [0.3, 0.4) is 0 Å². The molecule has 1 aliphatic rings. The van der Waals surface area contributed by atoms with E-state index in [2.05, 4.69) is 4.98 Å². The highest BCUT2D eigenvalue weighted by molar-refractivity contribution is 7.07. The molecule has 0 bridgehead atoms. The van der Waals surface area contributed by atoms with Gasteiger partial charge in [-0.25, -0.2) is 4.98 Å². The minimum Gasteiger partial charge on any atom is -0.387 e. The van der Waals surface area contributed by atoms with Gasteiger partial charge >= 0.3 is 0 Å². The van der Waals surface area contributed by atoms with Crippen molar-refractivity contribution < 1.29 is 5.11 Å². The second-order valence-corrected chi connectivity index (χ2v) is 3.83. The summed E-state index contributed by atoms with van der Waals surface area (Å²) in [6.07, 6.45) is 3.18. The van der Waals surface area contributed by atoms with Crippen LogP contribution in [-0.4, -0.2) is 10.1 Å². The number of aliphatic hydroxyl groups is 1. The first-order valence-corrected chi connectivity index (χ1v) is 4.86. The van der Waals surface area contributed by atoms with Crippen LogP contribution < -0.4 is 0 Å². The molecule has 60 valence electrons. The Labute approximate surface area is 69.9 Å². The second kappa shape index (κ2) is 2.91. The minimum absolute atomic E-state index is 0.311. The van der Waals surface area contributed by atoms with Crippen molar-refractivity contribution in [3.8, 4) is 0 Å². The molecule has 2 rings (SSSR count). The van der Waals surface area contributed by atoms with E-state index in [1.54, 1.807) is 16.8 Å². The van der Waals surface area contributed by atoms with Crippen LogP contribution in [0.5, 0.6) is 0 Å². The number of aromatic nitrogens is 1. The average molecular weight is 169 g/mol. The molecule has 0 aromatic carbocycles. The van der Waals surface area contributed by atoms with Gasteiger partial charge in [-0.15, -0.1) is 11.3 Å². The zero-order valence-electron chi connectivity index (χ0n) is 6.23. The Morgan fingerprint density at radius 1 is 1.73 bits per heavy atom. The van der Waals surface area contributed by atoms with Crippen molar-refractivity contribution in [3.63, 3.8) is 0 Å². The van der Waals surface area contributed by atoms with Gasteiger partial charge in [0.1, 0.15) is 0 Å². The first-order valence-electron chi connectivity index (χ1n) is 3.92. The predicted octanol–water partition coefficient (Wildman–Crippen LogP) is 1.98. The normalized spacial score (nSPS) is 20.1. The third-order valence-corrected chi connectivity index (χ3v) is 2.65. The first kappa shape index (κ1) is 7.25. The molecule has 1 atom stereocenters. The van der Waals surface area contributed by atoms with Gasteiger partial charge in [0.25, 0.3) is 0 Å². The first-order chi connectivity index (χ1) is 5.36. The van der Waals surface area contributed by atoms with Gasteiger partial charge in [0, 0.05) is 5.38 Å². The van der Waals surface area contributed by atoms with Gasteiger partial charge in [-0.3, -0.25) is 0 Å². The van der Waals surface area contributed by atoms with Crippen LogP contribution in [0.1, 0.15) is 31.1 Å². The Bertz CT molecular complexity index is 218. The maximum Gasteiger partial charge on any atom is 0.0970 e. The third-order valence-electron chi connectivity index (χ3n) is 2.05. The van der Waals surface area contributed by atoms with E-state index in [4.69, 9.17) is 0 Å². The fraction of sp³-hybridized carbons (Fsp3) is 0.625. The summed E-state index contributed by atoms with van der Waals surface area (Å²) in [7, 11) is 0. The Morgan fingerprint density at radius 2 is 2.55 bits per heavy atom. The number of hydrogen-bond donors (Lipinski definition) is 1. The van der Waals surface area contributed by atoms with Gasteiger partial charge < -0.3 is 5.11 Å². The molecule has 1 unspecified atom stereocenters. The van der Waals surface area contributed by atoms with E-state index in [9.17, 15) is 5.11 Å². The van der Waals surface area contributed by atoms with Crippen LogP contribution in [0.2, 0.25) is 0 Å². The maximum absolute atomic E-state index is 9.56.